The number of Topliss-reactive ketones (excluding diaryl/α,β-unsaturated/α-hetero) is 3. The molecule has 1 unspecified atom stereocenters. The summed E-state index contributed by atoms with van der Waals surface area (Å²) in [6.07, 6.45) is 4.17. The molecule has 0 aromatic heterocycles. The quantitative estimate of drug-likeness (QED) is 0.0887. The lowest BCUT2D eigenvalue weighted by Crippen LogP contribution is -2.53. The number of likely N-dealkylation sites (N-methyl/N-ethyl adjacent to an activating group) is 2. The van der Waals surface area contributed by atoms with Crippen molar-refractivity contribution in [2.24, 2.45) is 17.8 Å². The maximum absolute atomic E-state index is 12.7. The fraction of sp³-hybridized carbons (Fsp3) is 0.818. The number of aliphatic hydroxyl groups is 1. The highest BCUT2D eigenvalue weighted by Crippen LogP contribution is 2.17. The van der Waals surface area contributed by atoms with E-state index in [1.54, 1.807) is 35.0 Å². The largest absolute Gasteiger partial charge is 0.391 e. The molecule has 0 aliphatic carbocycles. The molecule has 246 valence electrons. The number of ketones is 3. The van der Waals surface area contributed by atoms with Gasteiger partial charge in [0, 0.05) is 10.5 Å². The Morgan fingerprint density at radius 2 is 1.62 bits per heavy atom. The van der Waals surface area contributed by atoms with Crippen molar-refractivity contribution < 1.29 is 29.8 Å². The molecule has 9 heteroatoms. The van der Waals surface area contributed by atoms with E-state index in [1.807, 2.05) is 27.7 Å². The zero-order valence-corrected chi connectivity index (χ0v) is 28.2. The summed E-state index contributed by atoms with van der Waals surface area (Å²) in [4.78, 5) is 50.8. The van der Waals surface area contributed by atoms with Crippen LogP contribution in [0.5, 0.6) is 0 Å². The van der Waals surface area contributed by atoms with Crippen molar-refractivity contribution >= 4 is 23.3 Å². The number of nitrogens with zero attached hydrogens (tertiary/aromatic N) is 1. The predicted octanol–water partition coefficient (Wildman–Crippen LogP) is 3.93. The number of carbonyl (C=O) groups is 4. The first kappa shape index (κ1) is 34.5. The number of hydrogen-bond acceptors (Lipinski definition) is 8. The third-order valence-corrected chi connectivity index (χ3v) is 7.12. The monoisotopic (exact) mass is 601 g/mol. The SMILES string of the molecule is CCCC(=O)[C@@H](NC(=O)[C@H](CC(C)C)NC)C(C)C.[2H]/C(=C\C[C@@H](C)[C@@H](O)C(C(=O)C(=O)[C@@H](C)NCCCC)N(C)C)C([2H])([2H])[2H]. The molecule has 0 saturated carbocycles. The van der Waals surface area contributed by atoms with Gasteiger partial charge < -0.3 is 21.1 Å². The van der Waals surface area contributed by atoms with E-state index in [0.29, 0.717) is 18.9 Å². The molecular weight excluding hydrogens is 532 g/mol. The molecule has 0 heterocycles. The number of nitrogens with one attached hydrogen (secondary N) is 3. The molecule has 0 saturated heterocycles. The lowest BCUT2D eigenvalue weighted by Gasteiger charge is -2.31. The van der Waals surface area contributed by atoms with Gasteiger partial charge in [-0.05, 0) is 84.9 Å². The first-order chi connectivity index (χ1) is 21.2. The molecule has 0 radical (unpaired) electrons. The van der Waals surface area contributed by atoms with E-state index < -0.39 is 48.6 Å². The van der Waals surface area contributed by atoms with Crippen LogP contribution in [0, 0.1) is 17.8 Å². The highest BCUT2D eigenvalue weighted by atomic mass is 16.3. The molecule has 0 rings (SSSR count). The summed E-state index contributed by atoms with van der Waals surface area (Å²) in [6, 6.07) is -2.76. The van der Waals surface area contributed by atoms with Crippen molar-refractivity contribution in [1.82, 2.24) is 20.9 Å². The molecule has 0 fully saturated rings. The highest BCUT2D eigenvalue weighted by Gasteiger charge is 2.37. The van der Waals surface area contributed by atoms with Crippen LogP contribution in [0.1, 0.15) is 106 Å². The molecule has 0 bridgehead atoms. The molecule has 6 atom stereocenters. The van der Waals surface area contributed by atoms with E-state index in [4.69, 9.17) is 5.48 Å². The van der Waals surface area contributed by atoms with Gasteiger partial charge in [0.1, 0.15) is 6.04 Å². The first-order valence-electron chi connectivity index (χ1n) is 17.5. The van der Waals surface area contributed by atoms with Crippen LogP contribution in [0.2, 0.25) is 0 Å². The Kier molecular flexibility index (Phi) is 19.3. The van der Waals surface area contributed by atoms with E-state index in [-0.39, 0.29) is 36.1 Å². The number of aliphatic hydroxyl groups excluding tert-OH is 1. The van der Waals surface area contributed by atoms with E-state index in [0.717, 1.165) is 25.7 Å². The molecule has 0 aromatic carbocycles. The third-order valence-electron chi connectivity index (χ3n) is 7.12. The van der Waals surface area contributed by atoms with Crippen LogP contribution < -0.4 is 16.0 Å². The van der Waals surface area contributed by atoms with Crippen LogP contribution in [-0.4, -0.2) is 91.2 Å². The average molecular weight is 601 g/mol. The van der Waals surface area contributed by atoms with Crippen molar-refractivity contribution in [2.45, 2.75) is 131 Å². The summed E-state index contributed by atoms with van der Waals surface area (Å²) in [5.41, 5.74) is 0. The summed E-state index contributed by atoms with van der Waals surface area (Å²) in [5, 5.41) is 19.6. The standard InChI is InChI=1S/C18H34N2O3.C15H30N2O2/c1-7-9-11-13(3)16(21)15(20(5)6)18(23)17(22)14(4)19-12-10-8-2;1-7-8-13(18)14(11(4)5)17-15(19)12(16-6)9-10(2)3/h7,9,13-16,19,21H,8,10-12H2,1-6H3;10-12,14,16H,7-9H2,1-6H3,(H,17,19)/b9-7+;/t13-,14-,15?,16-;12-,14-/m10/s1/i1D3,7D;. The Morgan fingerprint density at radius 1 is 1.00 bits per heavy atom. The topological polar surface area (TPSA) is 128 Å². The lowest BCUT2D eigenvalue weighted by atomic mass is 9.89. The van der Waals surface area contributed by atoms with Gasteiger partial charge >= 0.3 is 0 Å². The Bertz CT molecular complexity index is 957. The van der Waals surface area contributed by atoms with Crippen LogP contribution in [0.15, 0.2) is 12.1 Å². The number of allylic oxidation sites excluding steroid dienone is 2. The van der Waals surface area contributed by atoms with Crippen LogP contribution in [0.25, 0.3) is 0 Å². The Hall–Kier alpha value is -1.94. The summed E-state index contributed by atoms with van der Waals surface area (Å²) < 4.78 is 29.1. The van der Waals surface area contributed by atoms with Gasteiger partial charge in [-0.15, -0.1) is 0 Å². The van der Waals surface area contributed by atoms with Gasteiger partial charge in [-0.2, -0.15) is 0 Å². The molecule has 0 aromatic rings. The third kappa shape index (κ3) is 16.6. The van der Waals surface area contributed by atoms with Crippen LogP contribution in [0.4, 0.5) is 0 Å². The van der Waals surface area contributed by atoms with Crippen LogP contribution >= 0.6 is 0 Å². The Labute approximate surface area is 262 Å². The predicted molar refractivity (Wildman–Crippen MR) is 173 cm³/mol. The number of rotatable bonds is 21. The molecule has 4 N–H and O–H groups in total. The minimum absolute atomic E-state index is 0.0700. The number of hydrogen-bond donors (Lipinski definition) is 4. The van der Waals surface area contributed by atoms with Gasteiger partial charge in [0.25, 0.3) is 0 Å². The summed E-state index contributed by atoms with van der Waals surface area (Å²) in [5.74, 6) is -1.14. The van der Waals surface area contributed by atoms with Crippen molar-refractivity contribution in [1.29, 1.82) is 0 Å². The summed E-state index contributed by atoms with van der Waals surface area (Å²) in [7, 11) is 5.00. The van der Waals surface area contributed by atoms with Gasteiger partial charge in [-0.3, -0.25) is 24.1 Å². The Morgan fingerprint density at radius 3 is 2.07 bits per heavy atom. The normalized spacial score (nSPS) is 17.9. The molecule has 42 heavy (non-hydrogen) atoms. The zero-order chi connectivity index (χ0) is 36.4. The van der Waals surface area contributed by atoms with Crippen molar-refractivity contribution in [3.63, 3.8) is 0 Å². The van der Waals surface area contributed by atoms with E-state index in [1.165, 1.54) is 11.0 Å². The van der Waals surface area contributed by atoms with Gasteiger partial charge in [-0.25, -0.2) is 0 Å². The number of carbonyl (C=O) groups excluding carboxylic acids is 4. The van der Waals surface area contributed by atoms with Gasteiger partial charge in [0.15, 0.2) is 5.78 Å². The van der Waals surface area contributed by atoms with Crippen molar-refractivity contribution in [3.8, 4) is 0 Å². The van der Waals surface area contributed by atoms with Gasteiger partial charge in [-0.1, -0.05) is 67.0 Å². The fourth-order valence-corrected chi connectivity index (χ4v) is 4.44. The van der Waals surface area contributed by atoms with E-state index >= 15 is 0 Å². The van der Waals surface area contributed by atoms with Crippen LogP contribution in [-0.2, 0) is 19.2 Å². The molecular formula is C33H64N4O5. The smallest absolute Gasteiger partial charge is 0.237 e. The molecule has 1 amide bonds. The second kappa shape index (κ2) is 23.5. The molecule has 0 spiro atoms. The average Bonchev–Trinajstić information content (AvgIpc) is 2.95. The van der Waals surface area contributed by atoms with Crippen molar-refractivity contribution in [2.75, 3.05) is 27.7 Å². The minimum atomic E-state index is -2.50. The summed E-state index contributed by atoms with van der Waals surface area (Å²) in [6.45, 7) is 13.5. The number of unbranched alkanes of at least 4 members (excludes halogenated alkanes) is 1. The van der Waals surface area contributed by atoms with E-state index in [2.05, 4.69) is 29.8 Å². The molecule has 0 aliphatic heterocycles. The minimum Gasteiger partial charge on any atom is -0.391 e. The second-order valence-electron chi connectivity index (χ2n) is 12.1. The van der Waals surface area contributed by atoms with Crippen molar-refractivity contribution in [3.05, 3.63) is 12.1 Å². The fourth-order valence-electron chi connectivity index (χ4n) is 4.44. The Balaban J connectivity index is 0. The molecule has 0 aliphatic rings. The lowest BCUT2D eigenvalue weighted by molar-refractivity contribution is -0.143. The van der Waals surface area contributed by atoms with E-state index in [9.17, 15) is 24.3 Å². The zero-order valence-electron chi connectivity index (χ0n) is 32.2. The maximum atomic E-state index is 12.7. The highest BCUT2D eigenvalue weighted by molar-refractivity contribution is 6.41. The van der Waals surface area contributed by atoms with Gasteiger partial charge in [0.2, 0.25) is 17.5 Å². The van der Waals surface area contributed by atoms with Crippen LogP contribution in [0.3, 0.4) is 0 Å². The summed E-state index contributed by atoms with van der Waals surface area (Å²) >= 11 is 0. The first-order valence-corrected chi connectivity index (χ1v) is 15.5. The number of amides is 1. The van der Waals surface area contributed by atoms with Gasteiger partial charge in [0.05, 0.1) is 25.6 Å². The maximum Gasteiger partial charge on any atom is 0.237 e. The molecule has 9 nitrogen and oxygen atoms in total. The second-order valence-corrected chi connectivity index (χ2v) is 12.1.